The summed E-state index contributed by atoms with van der Waals surface area (Å²) >= 11 is 0. The Balaban J connectivity index is 1.64. The van der Waals surface area contributed by atoms with Crippen molar-refractivity contribution in [2.45, 2.75) is 20.0 Å². The summed E-state index contributed by atoms with van der Waals surface area (Å²) < 4.78 is 2.18. The number of hydrogen-bond acceptors (Lipinski definition) is 5. The van der Waals surface area contributed by atoms with Gasteiger partial charge in [0, 0.05) is 57.9 Å². The number of pyridine rings is 1. The molecule has 0 aromatic carbocycles. The minimum atomic E-state index is 0.542. The Morgan fingerprint density at radius 1 is 1.10 bits per heavy atom. The molecule has 1 aliphatic rings. The van der Waals surface area contributed by atoms with Crippen molar-refractivity contribution in [1.82, 2.24) is 14.5 Å². The molecular formula is C15H22N6. The predicted molar refractivity (Wildman–Crippen MR) is 84.5 cm³/mol. The Morgan fingerprint density at radius 2 is 1.86 bits per heavy atom. The first-order valence-electron chi connectivity index (χ1n) is 7.48. The molecule has 0 spiro atoms. The van der Waals surface area contributed by atoms with Crippen LogP contribution in [-0.2, 0) is 13.1 Å². The minimum Gasteiger partial charge on any atom is -0.353 e. The van der Waals surface area contributed by atoms with Crippen LogP contribution in [0.25, 0.3) is 0 Å². The van der Waals surface area contributed by atoms with Crippen molar-refractivity contribution in [3.63, 3.8) is 0 Å². The van der Waals surface area contributed by atoms with Crippen LogP contribution < -0.4 is 15.5 Å². The van der Waals surface area contributed by atoms with Gasteiger partial charge in [0.2, 0.25) is 5.95 Å². The Bertz CT molecular complexity index is 568. The smallest absolute Gasteiger partial charge is 0.205 e. The topological polar surface area (TPSA) is 63.2 Å². The molecule has 0 aliphatic carbocycles. The van der Waals surface area contributed by atoms with Crippen LogP contribution in [0.3, 0.4) is 0 Å². The highest BCUT2D eigenvalue weighted by atomic mass is 15.4. The lowest BCUT2D eigenvalue weighted by Crippen LogP contribution is -2.47. The lowest BCUT2D eigenvalue weighted by atomic mass is 10.2. The molecule has 1 fully saturated rings. The van der Waals surface area contributed by atoms with Gasteiger partial charge in [-0.15, -0.1) is 0 Å². The molecule has 2 aromatic heterocycles. The summed E-state index contributed by atoms with van der Waals surface area (Å²) in [5.74, 6) is 2.11. The van der Waals surface area contributed by atoms with Crippen molar-refractivity contribution >= 4 is 11.8 Å². The average Bonchev–Trinajstić information content (AvgIpc) is 3.04. The zero-order valence-electron chi connectivity index (χ0n) is 12.4. The maximum Gasteiger partial charge on any atom is 0.205 e. The van der Waals surface area contributed by atoms with E-state index in [9.17, 15) is 0 Å². The molecular weight excluding hydrogens is 264 g/mol. The largest absolute Gasteiger partial charge is 0.353 e. The van der Waals surface area contributed by atoms with Crippen LogP contribution in [0.5, 0.6) is 0 Å². The van der Waals surface area contributed by atoms with Crippen LogP contribution in [0.2, 0.25) is 0 Å². The van der Waals surface area contributed by atoms with E-state index < -0.39 is 0 Å². The summed E-state index contributed by atoms with van der Waals surface area (Å²) in [5, 5.41) is 0. The fraction of sp³-hybridized carbons (Fsp3) is 0.467. The molecule has 1 aliphatic heterocycles. The van der Waals surface area contributed by atoms with E-state index in [0.29, 0.717) is 6.54 Å². The molecule has 0 radical (unpaired) electrons. The first-order valence-corrected chi connectivity index (χ1v) is 7.48. The fourth-order valence-electron chi connectivity index (χ4n) is 2.69. The number of nitrogens with two attached hydrogens (primary N) is 1. The lowest BCUT2D eigenvalue weighted by molar-refractivity contribution is 0.614. The summed E-state index contributed by atoms with van der Waals surface area (Å²) in [7, 11) is 0. The second-order valence-electron chi connectivity index (χ2n) is 5.22. The Morgan fingerprint density at radius 3 is 2.48 bits per heavy atom. The third kappa shape index (κ3) is 2.85. The van der Waals surface area contributed by atoms with Crippen LogP contribution in [0.4, 0.5) is 11.8 Å². The van der Waals surface area contributed by atoms with Crippen LogP contribution in [0, 0.1) is 0 Å². The van der Waals surface area contributed by atoms with Crippen molar-refractivity contribution < 1.29 is 0 Å². The zero-order valence-corrected chi connectivity index (χ0v) is 12.4. The van der Waals surface area contributed by atoms with Crippen LogP contribution in [0.15, 0.2) is 30.7 Å². The van der Waals surface area contributed by atoms with Gasteiger partial charge in [-0.1, -0.05) is 6.07 Å². The van der Waals surface area contributed by atoms with Crippen molar-refractivity contribution in [2.24, 2.45) is 5.73 Å². The average molecular weight is 286 g/mol. The van der Waals surface area contributed by atoms with E-state index in [4.69, 9.17) is 5.73 Å². The molecule has 0 atom stereocenters. The summed E-state index contributed by atoms with van der Waals surface area (Å²) in [6.07, 6.45) is 5.78. The van der Waals surface area contributed by atoms with E-state index >= 15 is 0 Å². The van der Waals surface area contributed by atoms with Gasteiger partial charge in [0.15, 0.2) is 0 Å². The molecule has 0 amide bonds. The van der Waals surface area contributed by atoms with Crippen molar-refractivity contribution in [3.8, 4) is 0 Å². The first kappa shape index (κ1) is 13.9. The summed E-state index contributed by atoms with van der Waals surface area (Å²) in [6.45, 7) is 7.51. The molecule has 2 N–H and O–H groups in total. The maximum absolute atomic E-state index is 5.61. The molecule has 2 aromatic rings. The molecule has 6 heteroatoms. The second kappa shape index (κ2) is 6.13. The minimum absolute atomic E-state index is 0.542. The fourth-order valence-corrected chi connectivity index (χ4v) is 2.69. The number of aromatic nitrogens is 3. The second-order valence-corrected chi connectivity index (χ2v) is 5.22. The van der Waals surface area contributed by atoms with Gasteiger partial charge in [-0.2, -0.15) is 0 Å². The predicted octanol–water partition coefficient (Wildman–Crippen LogP) is 1.08. The summed E-state index contributed by atoms with van der Waals surface area (Å²) in [4.78, 5) is 13.6. The Hall–Kier alpha value is -2.08. The number of anilines is 2. The van der Waals surface area contributed by atoms with E-state index in [0.717, 1.165) is 50.1 Å². The molecule has 0 bridgehead atoms. The molecule has 1 saturated heterocycles. The molecule has 0 unspecified atom stereocenters. The quantitative estimate of drug-likeness (QED) is 0.911. The van der Waals surface area contributed by atoms with E-state index in [1.54, 1.807) is 0 Å². The maximum atomic E-state index is 5.61. The SMILES string of the molecule is CCn1ccnc1N1CCN(c2ccc(CN)cn2)CC1. The van der Waals surface area contributed by atoms with Gasteiger partial charge in [-0.05, 0) is 18.6 Å². The number of imidazole rings is 1. The van der Waals surface area contributed by atoms with Crippen LogP contribution >= 0.6 is 0 Å². The first-order chi connectivity index (χ1) is 10.3. The molecule has 112 valence electrons. The van der Waals surface area contributed by atoms with Gasteiger partial charge < -0.3 is 20.1 Å². The van der Waals surface area contributed by atoms with Crippen molar-refractivity contribution in [3.05, 3.63) is 36.3 Å². The number of aryl methyl sites for hydroxylation is 1. The zero-order chi connectivity index (χ0) is 14.7. The molecule has 6 nitrogen and oxygen atoms in total. The molecule has 3 rings (SSSR count). The van der Waals surface area contributed by atoms with Crippen molar-refractivity contribution in [2.75, 3.05) is 36.0 Å². The van der Waals surface area contributed by atoms with E-state index in [2.05, 4.69) is 43.4 Å². The summed E-state index contributed by atoms with van der Waals surface area (Å²) in [6, 6.07) is 4.11. The Labute approximate surface area is 125 Å². The summed E-state index contributed by atoms with van der Waals surface area (Å²) in [5.41, 5.74) is 6.68. The van der Waals surface area contributed by atoms with Crippen LogP contribution in [-0.4, -0.2) is 40.7 Å². The van der Waals surface area contributed by atoms with E-state index in [-0.39, 0.29) is 0 Å². The van der Waals surface area contributed by atoms with Crippen molar-refractivity contribution in [1.29, 1.82) is 0 Å². The number of nitrogens with zero attached hydrogens (tertiary/aromatic N) is 5. The molecule has 3 heterocycles. The standard InChI is InChI=1S/C15H22N6/c1-2-19-6-5-17-15(19)21-9-7-20(8-10-21)14-4-3-13(11-16)12-18-14/h3-6,12H,2,7-11,16H2,1H3. The third-order valence-electron chi connectivity index (χ3n) is 3.97. The van der Waals surface area contributed by atoms with Gasteiger partial charge >= 0.3 is 0 Å². The van der Waals surface area contributed by atoms with E-state index in [1.165, 1.54) is 0 Å². The third-order valence-corrected chi connectivity index (χ3v) is 3.97. The van der Waals surface area contributed by atoms with Gasteiger partial charge in [0.05, 0.1) is 0 Å². The highest BCUT2D eigenvalue weighted by Crippen LogP contribution is 2.18. The normalized spacial score (nSPS) is 15.5. The van der Waals surface area contributed by atoms with Gasteiger partial charge in [-0.3, -0.25) is 0 Å². The molecule has 0 saturated carbocycles. The van der Waals surface area contributed by atoms with Crippen LogP contribution in [0.1, 0.15) is 12.5 Å². The highest BCUT2D eigenvalue weighted by molar-refractivity contribution is 5.43. The van der Waals surface area contributed by atoms with Gasteiger partial charge in [0.1, 0.15) is 5.82 Å². The highest BCUT2D eigenvalue weighted by Gasteiger charge is 2.20. The van der Waals surface area contributed by atoms with E-state index in [1.807, 2.05) is 18.6 Å². The number of rotatable bonds is 4. The number of piperazine rings is 1. The Kier molecular flexibility index (Phi) is 4.06. The lowest BCUT2D eigenvalue weighted by Gasteiger charge is -2.36. The monoisotopic (exact) mass is 286 g/mol. The number of hydrogen-bond donors (Lipinski definition) is 1. The molecule has 21 heavy (non-hydrogen) atoms. The van der Waals surface area contributed by atoms with Gasteiger partial charge in [0.25, 0.3) is 0 Å². The van der Waals surface area contributed by atoms with Gasteiger partial charge in [-0.25, -0.2) is 9.97 Å².